The van der Waals surface area contributed by atoms with Crippen molar-refractivity contribution in [3.05, 3.63) is 223 Å². The van der Waals surface area contributed by atoms with Crippen molar-refractivity contribution in [3.63, 3.8) is 0 Å². The number of nitrogens with zero attached hydrogens (tertiary/aromatic N) is 3. The van der Waals surface area contributed by atoms with Gasteiger partial charge in [-0.15, -0.1) is 0 Å². The third kappa shape index (κ3) is 5.56. The van der Waals surface area contributed by atoms with Crippen LogP contribution in [-0.2, 0) is 0 Å². The minimum absolute atomic E-state index is 0.0109. The summed E-state index contributed by atoms with van der Waals surface area (Å²) in [6.45, 7) is 0. The number of fused-ring (bicyclic) bond motifs is 11. The zero-order chi connectivity index (χ0) is 38.9. The molecule has 0 bridgehead atoms. The Hall–Kier alpha value is -7.69. The zero-order valence-electron chi connectivity index (χ0n) is 32.0. The molecule has 3 heterocycles. The average molecular weight is 754 g/mol. The van der Waals surface area contributed by atoms with E-state index in [1.54, 1.807) is 0 Å². The van der Waals surface area contributed by atoms with Gasteiger partial charge in [-0.3, -0.25) is 4.99 Å². The molecular weight excluding hydrogens is 719 g/mol. The maximum absolute atomic E-state index is 6.72. The van der Waals surface area contributed by atoms with Crippen LogP contribution in [0.4, 0.5) is 0 Å². The zero-order valence-corrected chi connectivity index (χ0v) is 32.0. The highest BCUT2D eigenvalue weighted by atomic mass is 16.3. The van der Waals surface area contributed by atoms with Crippen LogP contribution in [0.5, 0.6) is 0 Å². The van der Waals surface area contributed by atoms with E-state index in [-0.39, 0.29) is 12.0 Å². The van der Waals surface area contributed by atoms with Crippen LogP contribution in [0.2, 0.25) is 0 Å². The van der Waals surface area contributed by atoms with Gasteiger partial charge in [0.05, 0.1) is 34.6 Å². The Morgan fingerprint density at radius 1 is 0.424 bits per heavy atom. The summed E-state index contributed by atoms with van der Waals surface area (Å²) < 4.78 is 6.72. The highest BCUT2D eigenvalue weighted by Crippen LogP contribution is 2.44. The van der Waals surface area contributed by atoms with Gasteiger partial charge in [-0.05, 0) is 61.7 Å². The number of para-hydroxylation sites is 1. The topological polar surface area (TPSA) is 51.3 Å². The Morgan fingerprint density at radius 2 is 0.949 bits per heavy atom. The Balaban J connectivity index is 0.965. The van der Waals surface area contributed by atoms with Gasteiger partial charge in [0, 0.05) is 27.6 Å². The molecule has 0 saturated carbocycles. The number of allylic oxidation sites excluding steroid dienone is 2. The fraction of sp³-hybridized carbons (Fsp3) is 0.0364. The van der Waals surface area contributed by atoms with Gasteiger partial charge in [-0.1, -0.05) is 182 Å². The number of rotatable bonds is 5. The molecule has 59 heavy (non-hydrogen) atoms. The highest BCUT2D eigenvalue weighted by Gasteiger charge is 2.36. The molecule has 1 aliphatic heterocycles. The summed E-state index contributed by atoms with van der Waals surface area (Å²) in [7, 11) is 0. The Kier molecular flexibility index (Phi) is 7.63. The molecule has 0 radical (unpaired) electrons. The molecule has 0 N–H and O–H groups in total. The van der Waals surface area contributed by atoms with Crippen molar-refractivity contribution < 1.29 is 4.42 Å². The molecule has 8 aromatic carbocycles. The molecule has 1 aliphatic carbocycles. The first-order valence-corrected chi connectivity index (χ1v) is 20.2. The SMILES string of the molecule is C1=CC2c3oc4ccccc4c3C(c3ccc(-c4cc(-c5ccccc5)nc(-c5ccccc5)n4)cc3)=NC2C=C1c1ccc2c3ccccc3c3ccccc3c2c1. The molecule has 0 fully saturated rings. The van der Waals surface area contributed by atoms with E-state index in [1.165, 1.54) is 37.9 Å². The van der Waals surface area contributed by atoms with Crippen molar-refractivity contribution >= 4 is 54.6 Å². The van der Waals surface area contributed by atoms with Crippen LogP contribution in [-0.4, -0.2) is 21.7 Å². The normalized spacial score (nSPS) is 15.9. The van der Waals surface area contributed by atoms with Crippen LogP contribution >= 0.6 is 0 Å². The molecular formula is C55H35N3O. The molecule has 0 saturated heterocycles. The minimum Gasteiger partial charge on any atom is -0.460 e. The molecule has 4 heteroatoms. The van der Waals surface area contributed by atoms with Gasteiger partial charge in [0.2, 0.25) is 0 Å². The largest absolute Gasteiger partial charge is 0.460 e. The van der Waals surface area contributed by atoms with Gasteiger partial charge in [0.15, 0.2) is 5.82 Å². The van der Waals surface area contributed by atoms with E-state index >= 15 is 0 Å². The van der Waals surface area contributed by atoms with Crippen molar-refractivity contribution in [3.8, 4) is 33.9 Å². The molecule has 2 aromatic heterocycles. The third-order valence-electron chi connectivity index (χ3n) is 12.0. The summed E-state index contributed by atoms with van der Waals surface area (Å²) in [6.07, 6.45) is 6.88. The fourth-order valence-corrected chi connectivity index (χ4v) is 9.15. The van der Waals surface area contributed by atoms with Gasteiger partial charge < -0.3 is 4.42 Å². The second kappa shape index (κ2) is 13.5. The second-order valence-corrected chi connectivity index (χ2v) is 15.4. The molecule has 276 valence electrons. The first kappa shape index (κ1) is 33.4. The Morgan fingerprint density at radius 3 is 1.63 bits per heavy atom. The van der Waals surface area contributed by atoms with Crippen LogP contribution < -0.4 is 0 Å². The number of hydrogen-bond acceptors (Lipinski definition) is 4. The first-order valence-electron chi connectivity index (χ1n) is 20.2. The number of benzene rings is 8. The molecule has 0 spiro atoms. The van der Waals surface area contributed by atoms with Crippen molar-refractivity contribution in [2.45, 2.75) is 12.0 Å². The van der Waals surface area contributed by atoms with E-state index in [4.69, 9.17) is 19.4 Å². The summed E-state index contributed by atoms with van der Waals surface area (Å²) >= 11 is 0. The predicted octanol–water partition coefficient (Wildman–Crippen LogP) is 13.6. The maximum Gasteiger partial charge on any atom is 0.160 e. The van der Waals surface area contributed by atoms with Crippen LogP contribution in [0.1, 0.15) is 28.4 Å². The monoisotopic (exact) mass is 753 g/mol. The van der Waals surface area contributed by atoms with E-state index in [0.717, 1.165) is 67.2 Å². The summed E-state index contributed by atoms with van der Waals surface area (Å²) in [6, 6.07) is 63.8. The molecule has 2 aliphatic rings. The van der Waals surface area contributed by atoms with E-state index < -0.39 is 0 Å². The lowest BCUT2D eigenvalue weighted by atomic mass is 9.81. The van der Waals surface area contributed by atoms with Crippen molar-refractivity contribution in [2.24, 2.45) is 4.99 Å². The predicted molar refractivity (Wildman–Crippen MR) is 243 cm³/mol. The maximum atomic E-state index is 6.72. The molecule has 12 rings (SSSR count). The fourth-order valence-electron chi connectivity index (χ4n) is 9.15. The van der Waals surface area contributed by atoms with Crippen LogP contribution in [0, 0.1) is 0 Å². The molecule has 10 aromatic rings. The number of hydrogen-bond donors (Lipinski definition) is 0. The number of aliphatic imine (C=N–C) groups is 1. The van der Waals surface area contributed by atoms with Gasteiger partial charge in [0.25, 0.3) is 0 Å². The molecule has 4 nitrogen and oxygen atoms in total. The van der Waals surface area contributed by atoms with Crippen LogP contribution in [0.15, 0.2) is 210 Å². The van der Waals surface area contributed by atoms with E-state index in [0.29, 0.717) is 5.82 Å². The van der Waals surface area contributed by atoms with Crippen molar-refractivity contribution in [1.82, 2.24) is 9.97 Å². The summed E-state index contributed by atoms with van der Waals surface area (Å²) in [5.41, 5.74) is 11.1. The summed E-state index contributed by atoms with van der Waals surface area (Å²) in [5, 5.41) is 8.71. The van der Waals surface area contributed by atoms with Gasteiger partial charge in [-0.2, -0.15) is 0 Å². The van der Waals surface area contributed by atoms with E-state index in [9.17, 15) is 0 Å². The molecule has 2 atom stereocenters. The van der Waals surface area contributed by atoms with Crippen LogP contribution in [0.3, 0.4) is 0 Å². The molecule has 2 unspecified atom stereocenters. The van der Waals surface area contributed by atoms with E-state index in [1.807, 2.05) is 42.5 Å². The number of furan rings is 1. The summed E-state index contributed by atoms with van der Waals surface area (Å²) in [4.78, 5) is 15.7. The van der Waals surface area contributed by atoms with E-state index in [2.05, 4.69) is 158 Å². The second-order valence-electron chi connectivity index (χ2n) is 15.4. The number of aromatic nitrogens is 2. The summed E-state index contributed by atoms with van der Waals surface area (Å²) in [5.74, 6) is 1.65. The molecule has 0 amide bonds. The van der Waals surface area contributed by atoms with Crippen LogP contribution in [0.25, 0.3) is 82.8 Å². The smallest absolute Gasteiger partial charge is 0.160 e. The van der Waals surface area contributed by atoms with Gasteiger partial charge in [0.1, 0.15) is 11.3 Å². The van der Waals surface area contributed by atoms with Gasteiger partial charge in [-0.25, -0.2) is 9.97 Å². The Labute approximate surface area is 341 Å². The van der Waals surface area contributed by atoms with Crippen molar-refractivity contribution in [1.29, 1.82) is 0 Å². The average Bonchev–Trinajstić information content (AvgIpc) is 3.72. The van der Waals surface area contributed by atoms with Gasteiger partial charge >= 0.3 is 0 Å². The minimum atomic E-state index is -0.134. The highest BCUT2D eigenvalue weighted by molar-refractivity contribution is 6.25. The lowest BCUT2D eigenvalue weighted by molar-refractivity contribution is 0.499. The lowest BCUT2D eigenvalue weighted by Gasteiger charge is -2.28. The standard InChI is InChI=1S/C55H35N3O/c1-3-13-34(14-4-1)48-33-49(58-55(57-48)37-15-5-2-6-16-37)35-23-25-36(26-24-35)53-52-46-21-11-12-22-51(46)59-54(52)45-30-28-39(32-50(45)56-53)38-27-29-44-42-19-8-7-17-40(42)41-18-9-10-20-43(41)47(44)31-38/h1-33,45,50H. The first-order chi connectivity index (χ1) is 29.2. The Bertz CT molecular complexity index is 3280. The quantitative estimate of drug-likeness (QED) is 0.164. The van der Waals surface area contributed by atoms with Crippen molar-refractivity contribution in [2.75, 3.05) is 0 Å². The lowest BCUT2D eigenvalue weighted by Crippen LogP contribution is -2.25. The third-order valence-corrected chi connectivity index (χ3v) is 12.0.